The Kier molecular flexibility index (Phi) is 69.3. The molecule has 0 aromatic rings. The zero-order valence-electron chi connectivity index (χ0n) is 62.2. The number of aliphatic hydroxyl groups is 1. The molecule has 0 aliphatic carbocycles. The van der Waals surface area contributed by atoms with Crippen LogP contribution in [0, 0.1) is 0 Å². The van der Waals surface area contributed by atoms with Crippen LogP contribution in [0.25, 0.3) is 0 Å². The minimum Gasteiger partial charge on any atom is -0.462 e. The average molecular weight is 1430 g/mol. The van der Waals surface area contributed by atoms with Crippen LogP contribution in [-0.2, 0) is 65.4 Å². The average Bonchev–Trinajstić information content (AvgIpc) is 1.05. The molecule has 2 unspecified atom stereocenters. The lowest BCUT2D eigenvalue weighted by atomic mass is 10.1. The van der Waals surface area contributed by atoms with Crippen molar-refractivity contribution in [2.24, 2.45) is 0 Å². The maximum Gasteiger partial charge on any atom is 0.472 e. The Morgan fingerprint density at radius 1 is 0.286 bits per heavy atom. The summed E-state index contributed by atoms with van der Waals surface area (Å²) in [5.74, 6) is -2.20. The molecule has 0 saturated carbocycles. The Morgan fingerprint density at radius 3 is 0.796 bits per heavy atom. The normalized spacial score (nSPS) is 14.3. The third kappa shape index (κ3) is 70.9. The van der Waals surface area contributed by atoms with Crippen molar-refractivity contribution in [3.05, 3.63) is 72.9 Å². The fraction of sp³-hybridized carbons (Fsp3) is 0.797. The van der Waals surface area contributed by atoms with Crippen molar-refractivity contribution in [3.8, 4) is 0 Å². The van der Waals surface area contributed by atoms with Gasteiger partial charge in [0.1, 0.15) is 19.3 Å². The van der Waals surface area contributed by atoms with Crippen LogP contribution in [0.2, 0.25) is 0 Å². The number of aliphatic hydroxyl groups excluding tert-OH is 1. The summed E-state index contributed by atoms with van der Waals surface area (Å²) >= 11 is 0. The van der Waals surface area contributed by atoms with Gasteiger partial charge in [0.15, 0.2) is 12.2 Å². The highest BCUT2D eigenvalue weighted by Crippen LogP contribution is 2.45. The Bertz CT molecular complexity index is 2140. The molecular formula is C79H142O17P2. The van der Waals surface area contributed by atoms with Crippen molar-refractivity contribution in [2.45, 2.75) is 367 Å². The van der Waals surface area contributed by atoms with E-state index >= 15 is 0 Å². The third-order valence-corrected chi connectivity index (χ3v) is 18.5. The van der Waals surface area contributed by atoms with E-state index in [1.54, 1.807) is 0 Å². The molecule has 19 heteroatoms. The number of phosphoric ester groups is 2. The Hall–Kier alpha value is -3.50. The van der Waals surface area contributed by atoms with Crippen molar-refractivity contribution < 1.29 is 80.2 Å². The lowest BCUT2D eigenvalue weighted by Gasteiger charge is -2.21. The van der Waals surface area contributed by atoms with Crippen LogP contribution in [-0.4, -0.2) is 96.7 Å². The molecule has 98 heavy (non-hydrogen) atoms. The molecule has 0 heterocycles. The van der Waals surface area contributed by atoms with E-state index in [1.165, 1.54) is 103 Å². The molecule has 0 aliphatic heterocycles. The van der Waals surface area contributed by atoms with Gasteiger partial charge < -0.3 is 33.8 Å². The SMILES string of the molecule is CCCCC/C=C\C/C=C\CCCCCCCC(=O)O[C@H](COC(=O)CCCCCCC/C=C\CCCCCC)COP(=O)(O)OC[C@@H](O)COP(=O)(O)OC[C@@H](COC(=O)CCCCCCC/C=C\CCCCCCCC)OC(=O)CCCCCCC/C=C\C/C=C\CCCCC. The molecule has 0 rings (SSSR count). The first-order valence-corrected chi connectivity index (χ1v) is 42.2. The van der Waals surface area contributed by atoms with Gasteiger partial charge in [-0.1, -0.05) is 255 Å². The summed E-state index contributed by atoms with van der Waals surface area (Å²) < 4.78 is 68.5. The number of hydrogen-bond donors (Lipinski definition) is 3. The van der Waals surface area contributed by atoms with Crippen molar-refractivity contribution >= 4 is 39.5 Å². The summed E-state index contributed by atoms with van der Waals surface area (Å²) in [4.78, 5) is 72.9. The van der Waals surface area contributed by atoms with E-state index in [0.29, 0.717) is 25.7 Å². The number of ether oxygens (including phenoxy) is 4. The van der Waals surface area contributed by atoms with Crippen LogP contribution in [0.5, 0.6) is 0 Å². The minimum atomic E-state index is -4.98. The lowest BCUT2D eigenvalue weighted by Crippen LogP contribution is -2.30. The Labute approximate surface area is 596 Å². The van der Waals surface area contributed by atoms with E-state index in [1.807, 2.05) is 0 Å². The van der Waals surface area contributed by atoms with E-state index < -0.39 is 97.5 Å². The summed E-state index contributed by atoms with van der Waals surface area (Å²) in [6.07, 6.45) is 71.6. The van der Waals surface area contributed by atoms with Crippen molar-refractivity contribution in [1.29, 1.82) is 0 Å². The van der Waals surface area contributed by atoms with Gasteiger partial charge in [-0.2, -0.15) is 0 Å². The van der Waals surface area contributed by atoms with Crippen LogP contribution in [0.3, 0.4) is 0 Å². The van der Waals surface area contributed by atoms with Crippen LogP contribution in [0.4, 0.5) is 0 Å². The fourth-order valence-electron chi connectivity index (χ4n) is 10.6. The van der Waals surface area contributed by atoms with Gasteiger partial charge in [0.25, 0.3) is 0 Å². The molecule has 0 aliphatic rings. The van der Waals surface area contributed by atoms with Gasteiger partial charge in [-0.05, 0) is 141 Å². The summed E-state index contributed by atoms with van der Waals surface area (Å²) in [6, 6.07) is 0. The number of rotatable bonds is 74. The van der Waals surface area contributed by atoms with Gasteiger partial charge in [-0.25, -0.2) is 9.13 Å². The van der Waals surface area contributed by atoms with Gasteiger partial charge in [-0.15, -0.1) is 0 Å². The maximum absolute atomic E-state index is 13.1. The summed E-state index contributed by atoms with van der Waals surface area (Å²) in [5, 5.41) is 10.6. The van der Waals surface area contributed by atoms with Crippen molar-refractivity contribution in [1.82, 2.24) is 0 Å². The van der Waals surface area contributed by atoms with Crippen LogP contribution in [0.15, 0.2) is 72.9 Å². The Balaban J connectivity index is 5.37. The monoisotopic (exact) mass is 1420 g/mol. The van der Waals surface area contributed by atoms with Gasteiger partial charge in [0.05, 0.1) is 26.4 Å². The minimum absolute atomic E-state index is 0.0795. The van der Waals surface area contributed by atoms with Crippen LogP contribution in [0.1, 0.15) is 349 Å². The van der Waals surface area contributed by atoms with E-state index in [4.69, 9.17) is 37.0 Å². The topological polar surface area (TPSA) is 237 Å². The lowest BCUT2D eigenvalue weighted by molar-refractivity contribution is -0.161. The molecular weight excluding hydrogens is 1280 g/mol. The number of esters is 4. The predicted octanol–water partition coefficient (Wildman–Crippen LogP) is 22.4. The van der Waals surface area contributed by atoms with Crippen molar-refractivity contribution in [3.63, 3.8) is 0 Å². The second kappa shape index (κ2) is 71.9. The first-order valence-electron chi connectivity index (χ1n) is 39.2. The zero-order chi connectivity index (χ0) is 71.8. The van der Waals surface area contributed by atoms with E-state index in [2.05, 4.69) is 101 Å². The number of unbranched alkanes of at least 4 members (excludes halogenated alkanes) is 36. The molecule has 0 bridgehead atoms. The molecule has 5 atom stereocenters. The second-order valence-electron chi connectivity index (χ2n) is 26.3. The molecule has 0 aromatic carbocycles. The van der Waals surface area contributed by atoms with Crippen LogP contribution < -0.4 is 0 Å². The van der Waals surface area contributed by atoms with E-state index in [-0.39, 0.29) is 25.7 Å². The molecule has 3 N–H and O–H groups in total. The smallest absolute Gasteiger partial charge is 0.462 e. The zero-order valence-corrected chi connectivity index (χ0v) is 64.0. The first-order chi connectivity index (χ1) is 47.7. The quantitative estimate of drug-likeness (QED) is 0.0169. The largest absolute Gasteiger partial charge is 0.472 e. The fourth-order valence-corrected chi connectivity index (χ4v) is 12.1. The molecule has 0 radical (unpaired) electrons. The van der Waals surface area contributed by atoms with Crippen LogP contribution >= 0.6 is 15.6 Å². The number of hydrogen-bond acceptors (Lipinski definition) is 15. The molecule has 0 aromatic heterocycles. The highest BCUT2D eigenvalue weighted by molar-refractivity contribution is 7.47. The number of phosphoric acid groups is 2. The van der Waals surface area contributed by atoms with Gasteiger partial charge in [0, 0.05) is 25.7 Å². The second-order valence-corrected chi connectivity index (χ2v) is 29.2. The molecule has 570 valence electrons. The molecule has 0 spiro atoms. The van der Waals surface area contributed by atoms with Crippen molar-refractivity contribution in [2.75, 3.05) is 39.6 Å². The Morgan fingerprint density at radius 2 is 0.500 bits per heavy atom. The number of allylic oxidation sites excluding steroid dienone is 12. The maximum atomic E-state index is 13.1. The highest BCUT2D eigenvalue weighted by atomic mass is 31.2. The standard InChI is InChI=1S/C79H142O17P2/c1-5-9-13-17-21-25-29-33-36-40-44-48-52-56-60-64-77(82)90-70-75(96-79(84)66-62-58-54-50-46-42-38-35-31-27-23-19-15-11-7-3)72-94-98(87,88)92-68-73(80)67-91-97(85,86)93-71-74(69-89-76(81)63-59-55-51-47-43-39-32-28-24-20-16-12-8-4)95-78(83)65-61-57-53-49-45-41-37-34-30-26-22-18-14-10-6-2/h22-23,26-28,32-38,73-75,80H,5-21,24-25,29-31,39-72H2,1-4H3,(H,85,86)(H,87,88)/b26-22-,27-23-,32-28-,36-33-,37-34-,38-35-/t73-,74-,75-/m1/s1. The van der Waals surface area contributed by atoms with Gasteiger partial charge in [0.2, 0.25) is 0 Å². The summed E-state index contributed by atoms with van der Waals surface area (Å²) in [5.41, 5.74) is 0. The third-order valence-electron chi connectivity index (χ3n) is 16.6. The van der Waals surface area contributed by atoms with Gasteiger partial charge in [-0.3, -0.25) is 37.3 Å². The number of carbonyl (C=O) groups excluding carboxylic acids is 4. The first kappa shape index (κ1) is 94.5. The molecule has 17 nitrogen and oxygen atoms in total. The molecule has 0 saturated heterocycles. The highest BCUT2D eigenvalue weighted by Gasteiger charge is 2.30. The number of carbonyl (C=O) groups is 4. The molecule has 0 fully saturated rings. The van der Waals surface area contributed by atoms with E-state index in [9.17, 15) is 43.2 Å². The predicted molar refractivity (Wildman–Crippen MR) is 400 cm³/mol. The van der Waals surface area contributed by atoms with E-state index in [0.717, 1.165) is 167 Å². The summed E-state index contributed by atoms with van der Waals surface area (Å²) in [7, 11) is -9.95. The van der Waals surface area contributed by atoms with Gasteiger partial charge >= 0.3 is 39.5 Å². The summed E-state index contributed by atoms with van der Waals surface area (Å²) in [6.45, 7) is 4.80. The molecule has 0 amide bonds.